The first-order valence-corrected chi connectivity index (χ1v) is 13.8. The van der Waals surface area contributed by atoms with Gasteiger partial charge in [0.1, 0.15) is 11.4 Å². The molecule has 0 fully saturated rings. The minimum Gasteiger partial charge on any atom is -0.497 e. The van der Waals surface area contributed by atoms with Crippen LogP contribution in [0.2, 0.25) is 0 Å². The Labute approximate surface area is 250 Å². The molecule has 0 aliphatic carbocycles. The number of benzene rings is 3. The third-order valence-electron chi connectivity index (χ3n) is 6.41. The first-order valence-electron chi connectivity index (χ1n) is 12.8. The lowest BCUT2D eigenvalue weighted by atomic mass is 10.1. The second kappa shape index (κ2) is 12.7. The van der Waals surface area contributed by atoms with Gasteiger partial charge in [-0.25, -0.2) is 9.79 Å². The zero-order valence-electron chi connectivity index (χ0n) is 23.7. The Hall–Kier alpha value is -5.30. The lowest BCUT2D eigenvalue weighted by Gasteiger charge is -2.17. The van der Waals surface area contributed by atoms with Crippen molar-refractivity contribution in [1.82, 2.24) is 5.27 Å². The molecule has 5 rings (SSSR count). The molecule has 0 saturated carbocycles. The van der Waals surface area contributed by atoms with E-state index in [4.69, 9.17) is 23.5 Å². The van der Waals surface area contributed by atoms with E-state index in [9.17, 15) is 14.4 Å². The normalized spacial score (nSPS) is 13.7. The zero-order valence-corrected chi connectivity index (χ0v) is 24.5. The molecule has 1 aliphatic rings. The number of thioether (sulfide) groups is 1. The number of carbonyl (C=O) groups excluding carboxylic acids is 2. The van der Waals surface area contributed by atoms with Crippen molar-refractivity contribution in [2.45, 2.75) is 0 Å². The van der Waals surface area contributed by atoms with E-state index in [0.717, 1.165) is 11.8 Å². The molecule has 1 aliphatic heterocycles. The summed E-state index contributed by atoms with van der Waals surface area (Å²) in [6.45, 7) is 0. The largest absolute Gasteiger partial charge is 0.497 e. The van der Waals surface area contributed by atoms with E-state index in [0.29, 0.717) is 39.9 Å². The van der Waals surface area contributed by atoms with E-state index in [1.807, 2.05) is 6.07 Å². The summed E-state index contributed by atoms with van der Waals surface area (Å²) in [7, 11) is 6.04. The fourth-order valence-electron chi connectivity index (χ4n) is 4.36. The number of para-hydroxylation sites is 1. The van der Waals surface area contributed by atoms with Crippen LogP contribution in [-0.2, 0) is 4.79 Å². The molecule has 0 radical (unpaired) electrons. The van der Waals surface area contributed by atoms with Crippen LogP contribution in [0, 0.1) is 0 Å². The van der Waals surface area contributed by atoms with Crippen LogP contribution in [0.1, 0.15) is 16.1 Å². The number of H-pyrrole nitrogens is 1. The van der Waals surface area contributed by atoms with E-state index in [1.54, 1.807) is 66.7 Å². The standard InChI is InChI=1S/C30H26N4O8S/c1-38-21-12-10-20(11-13-21)34-26(29(37)42-32-34)23(35)17-43-30-31-22(28(36)33(30)19-8-6-5-7-9-19)14-18-15-24(39-2)27(41-4)25(16-18)40-3/h5-16H,17H2,1-4H3/p+1/b22-14+. The quantitative estimate of drug-likeness (QED) is 0.164. The molecule has 1 N–H and O–H groups in total. The number of nitrogens with one attached hydrogen (secondary N) is 1. The van der Waals surface area contributed by atoms with E-state index in [2.05, 4.69) is 10.3 Å². The van der Waals surface area contributed by atoms with Crippen LogP contribution in [0.25, 0.3) is 11.8 Å². The van der Waals surface area contributed by atoms with E-state index in [-0.39, 0.29) is 22.3 Å². The molecule has 0 atom stereocenters. The predicted octanol–water partition coefficient (Wildman–Crippen LogP) is 3.64. The molecule has 2 heterocycles. The number of ether oxygens (including phenoxy) is 4. The number of rotatable bonds is 10. The van der Waals surface area contributed by atoms with E-state index >= 15 is 0 Å². The maximum atomic E-state index is 13.6. The van der Waals surface area contributed by atoms with Crippen molar-refractivity contribution in [3.05, 3.63) is 94.1 Å². The SMILES string of the molecule is COc1ccc(-[n+]2[nH]oc(=O)c2C(=O)CSC2=N/C(=C/c3cc(OC)c(OC)c(OC)c3)C(=O)N2c2ccccc2)cc1. The van der Waals surface area contributed by atoms with Gasteiger partial charge < -0.3 is 18.9 Å². The van der Waals surface area contributed by atoms with Gasteiger partial charge in [-0.2, -0.15) is 0 Å². The van der Waals surface area contributed by atoms with Crippen molar-refractivity contribution < 1.29 is 37.7 Å². The molecule has 0 saturated heterocycles. The number of methoxy groups -OCH3 is 4. The van der Waals surface area contributed by atoms with Crippen molar-refractivity contribution in [2.24, 2.45) is 4.99 Å². The first-order chi connectivity index (χ1) is 20.9. The Balaban J connectivity index is 1.47. The minimum absolute atomic E-state index is 0.127. The Bertz CT molecular complexity index is 1750. The van der Waals surface area contributed by atoms with Gasteiger partial charge in [0.05, 0.1) is 39.9 Å². The highest BCUT2D eigenvalue weighted by Crippen LogP contribution is 2.39. The fourth-order valence-corrected chi connectivity index (χ4v) is 5.24. The monoisotopic (exact) mass is 603 g/mol. The van der Waals surface area contributed by atoms with Crippen LogP contribution in [0.15, 0.2) is 86.7 Å². The van der Waals surface area contributed by atoms with Crippen LogP contribution in [0.3, 0.4) is 0 Å². The van der Waals surface area contributed by atoms with Crippen molar-refractivity contribution in [2.75, 3.05) is 39.1 Å². The molecule has 13 heteroatoms. The number of Topliss-reactive ketones (excluding diaryl/α,β-unsaturated/α-hetero) is 1. The average molecular weight is 604 g/mol. The van der Waals surface area contributed by atoms with Crippen molar-refractivity contribution in [3.63, 3.8) is 0 Å². The van der Waals surface area contributed by atoms with Gasteiger partial charge in [-0.05, 0) is 58.0 Å². The van der Waals surface area contributed by atoms with E-state index in [1.165, 1.54) is 38.0 Å². The van der Waals surface area contributed by atoms with Gasteiger partial charge in [-0.15, -0.1) is 0 Å². The Kier molecular flexibility index (Phi) is 8.62. The first kappa shape index (κ1) is 29.2. The number of anilines is 1. The highest BCUT2D eigenvalue weighted by atomic mass is 32.2. The molecule has 0 spiro atoms. The molecule has 1 aromatic heterocycles. The highest BCUT2D eigenvalue weighted by Gasteiger charge is 2.35. The zero-order chi connectivity index (χ0) is 30.5. The maximum absolute atomic E-state index is 13.6. The predicted molar refractivity (Wildman–Crippen MR) is 160 cm³/mol. The summed E-state index contributed by atoms with van der Waals surface area (Å²) in [4.78, 5) is 45.5. The summed E-state index contributed by atoms with van der Waals surface area (Å²) in [6, 6.07) is 19.0. The van der Waals surface area contributed by atoms with Crippen LogP contribution in [-0.4, -0.2) is 56.3 Å². The third kappa shape index (κ3) is 5.88. The van der Waals surface area contributed by atoms with Crippen LogP contribution in [0.4, 0.5) is 5.69 Å². The van der Waals surface area contributed by atoms with Gasteiger partial charge in [-0.3, -0.25) is 19.0 Å². The minimum atomic E-state index is -0.825. The maximum Gasteiger partial charge on any atom is 0.438 e. The van der Waals surface area contributed by atoms with Gasteiger partial charge in [0.25, 0.3) is 5.91 Å². The Morgan fingerprint density at radius 3 is 2.23 bits per heavy atom. The summed E-state index contributed by atoms with van der Waals surface area (Å²) >= 11 is 1.02. The lowest BCUT2D eigenvalue weighted by molar-refractivity contribution is -0.672. The third-order valence-corrected chi connectivity index (χ3v) is 7.35. The van der Waals surface area contributed by atoms with Crippen molar-refractivity contribution >= 4 is 40.4 Å². The van der Waals surface area contributed by atoms with E-state index < -0.39 is 17.3 Å². The molecule has 0 bridgehead atoms. The van der Waals surface area contributed by atoms with Crippen molar-refractivity contribution in [3.8, 4) is 28.7 Å². The molecule has 0 unspecified atom stereocenters. The Morgan fingerprint density at radius 2 is 1.63 bits per heavy atom. The van der Waals surface area contributed by atoms with Gasteiger partial charge in [0, 0.05) is 12.1 Å². The number of carbonyl (C=O) groups is 2. The molecular formula is C30H27N4O8S+. The van der Waals surface area contributed by atoms with Crippen LogP contribution >= 0.6 is 11.8 Å². The number of ketones is 1. The molecule has 220 valence electrons. The van der Waals surface area contributed by atoms with Gasteiger partial charge >= 0.3 is 11.3 Å². The molecular weight excluding hydrogens is 576 g/mol. The number of aromatic amines is 1. The topological polar surface area (TPSA) is 137 Å². The highest BCUT2D eigenvalue weighted by molar-refractivity contribution is 8.14. The summed E-state index contributed by atoms with van der Waals surface area (Å²) in [5.41, 5.74) is 0.740. The van der Waals surface area contributed by atoms with Gasteiger partial charge in [-0.1, -0.05) is 30.0 Å². The number of hydrogen-bond acceptors (Lipinski definition) is 10. The molecule has 3 aromatic carbocycles. The number of amidine groups is 1. The molecule has 4 aromatic rings. The fraction of sp³-hybridized carbons (Fsp3) is 0.167. The number of aliphatic imine (C=N–C) groups is 1. The average Bonchev–Trinajstić information content (AvgIpc) is 3.58. The van der Waals surface area contributed by atoms with Crippen LogP contribution in [0.5, 0.6) is 23.0 Å². The molecule has 1 amide bonds. The molecule has 12 nitrogen and oxygen atoms in total. The number of nitrogens with zero attached hydrogens (tertiary/aromatic N) is 3. The second-order valence-electron chi connectivity index (χ2n) is 8.93. The van der Waals surface area contributed by atoms with Gasteiger partial charge in [0.15, 0.2) is 16.7 Å². The summed E-state index contributed by atoms with van der Waals surface area (Å²) < 4.78 is 27.6. The smallest absolute Gasteiger partial charge is 0.438 e. The van der Waals surface area contributed by atoms with Crippen LogP contribution < -0.4 is 34.2 Å². The summed E-state index contributed by atoms with van der Waals surface area (Å²) in [6.07, 6.45) is 1.59. The molecule has 43 heavy (non-hydrogen) atoms. The summed E-state index contributed by atoms with van der Waals surface area (Å²) in [5.74, 6) is 0.725. The van der Waals surface area contributed by atoms with Gasteiger partial charge in [0.2, 0.25) is 17.2 Å². The second-order valence-corrected chi connectivity index (χ2v) is 9.88. The number of hydrogen-bond donors (Lipinski definition) is 1. The number of aromatic nitrogens is 2. The Morgan fingerprint density at radius 1 is 0.953 bits per heavy atom. The summed E-state index contributed by atoms with van der Waals surface area (Å²) in [5, 5.41) is 2.73. The lowest BCUT2D eigenvalue weighted by Crippen LogP contribution is -2.41. The van der Waals surface area contributed by atoms with Crippen molar-refractivity contribution in [1.29, 1.82) is 0 Å². The number of amides is 1.